The third-order valence-corrected chi connectivity index (χ3v) is 3.64. The van der Waals surface area contributed by atoms with Crippen LogP contribution in [0.15, 0.2) is 24.3 Å². The summed E-state index contributed by atoms with van der Waals surface area (Å²) in [6, 6.07) is 5.18. The van der Waals surface area contributed by atoms with Crippen LogP contribution in [0.5, 0.6) is 0 Å². The van der Waals surface area contributed by atoms with Crippen molar-refractivity contribution in [1.82, 2.24) is 4.98 Å². The van der Waals surface area contributed by atoms with E-state index in [0.29, 0.717) is 11.5 Å². The van der Waals surface area contributed by atoms with Crippen molar-refractivity contribution in [1.29, 1.82) is 0 Å². The van der Waals surface area contributed by atoms with E-state index in [4.69, 9.17) is 0 Å². The molecular formula is C16H18FN3O. The summed E-state index contributed by atoms with van der Waals surface area (Å²) < 4.78 is 12.8. The summed E-state index contributed by atoms with van der Waals surface area (Å²) in [5.74, 6) is 0.193. The van der Waals surface area contributed by atoms with Crippen LogP contribution in [0.2, 0.25) is 0 Å². The Balaban J connectivity index is 2.15. The molecule has 0 bridgehead atoms. The Morgan fingerprint density at radius 2 is 1.57 bits per heavy atom. The summed E-state index contributed by atoms with van der Waals surface area (Å²) in [7, 11) is 0. The van der Waals surface area contributed by atoms with E-state index in [-0.39, 0.29) is 5.82 Å². The molecule has 21 heavy (non-hydrogen) atoms. The van der Waals surface area contributed by atoms with Gasteiger partial charge in [-0.2, -0.15) is 0 Å². The topological polar surface area (TPSA) is 54.0 Å². The summed E-state index contributed by atoms with van der Waals surface area (Å²) in [4.78, 5) is 16.4. The maximum absolute atomic E-state index is 12.8. The van der Waals surface area contributed by atoms with Crippen LogP contribution in [-0.4, -0.2) is 11.0 Å². The largest absolute Gasteiger partial charge is 0.324 e. The second-order valence-electron chi connectivity index (χ2n) is 5.01. The van der Waals surface area contributed by atoms with Gasteiger partial charge in [0.25, 0.3) is 0 Å². The molecule has 5 heteroatoms. The second kappa shape index (κ2) is 5.91. The highest BCUT2D eigenvalue weighted by atomic mass is 19.1. The first-order valence-corrected chi connectivity index (χ1v) is 6.66. The lowest BCUT2D eigenvalue weighted by atomic mass is 10.0. The van der Waals surface area contributed by atoms with Gasteiger partial charge in [-0.15, -0.1) is 0 Å². The smallest absolute Gasteiger partial charge is 0.308 e. The average molecular weight is 287 g/mol. The van der Waals surface area contributed by atoms with Crippen LogP contribution >= 0.6 is 0 Å². The van der Waals surface area contributed by atoms with Gasteiger partial charge in [0.05, 0.1) is 0 Å². The third kappa shape index (κ3) is 3.37. The number of nitrogens with one attached hydrogen (secondary N) is 2. The van der Waals surface area contributed by atoms with Gasteiger partial charge in [-0.05, 0) is 68.7 Å². The molecular weight excluding hydrogens is 269 g/mol. The number of carbonyl (C=O) groups is 1. The van der Waals surface area contributed by atoms with Crippen molar-refractivity contribution in [3.8, 4) is 0 Å². The molecule has 0 spiro atoms. The minimum absolute atomic E-state index is 0.344. The molecule has 2 aromatic rings. The molecule has 0 fully saturated rings. The fraction of sp³-hybridized carbons (Fsp3) is 0.250. The zero-order valence-electron chi connectivity index (χ0n) is 12.5. The number of aryl methyl sites for hydroxylation is 1. The minimum Gasteiger partial charge on any atom is -0.308 e. The number of nitrogens with zero attached hydrogens (tertiary/aromatic N) is 1. The maximum Gasteiger partial charge on any atom is 0.324 e. The Bertz CT molecular complexity index is 681. The minimum atomic E-state index is -0.403. The average Bonchev–Trinajstić information content (AvgIpc) is 2.45. The summed E-state index contributed by atoms with van der Waals surface area (Å²) in [6.45, 7) is 7.84. The number of carbonyl (C=O) groups excluding carboxylic acids is 1. The number of hydrogen-bond donors (Lipinski definition) is 2. The lowest BCUT2D eigenvalue weighted by Gasteiger charge is -2.14. The van der Waals surface area contributed by atoms with E-state index in [0.717, 1.165) is 22.4 Å². The van der Waals surface area contributed by atoms with E-state index in [1.165, 1.54) is 24.3 Å². The first-order valence-electron chi connectivity index (χ1n) is 6.66. The van der Waals surface area contributed by atoms with Gasteiger partial charge >= 0.3 is 6.03 Å². The Morgan fingerprint density at radius 3 is 2.19 bits per heavy atom. The normalized spacial score (nSPS) is 10.3. The van der Waals surface area contributed by atoms with Crippen molar-refractivity contribution in [2.24, 2.45) is 0 Å². The number of urea groups is 1. The molecule has 0 aliphatic rings. The Morgan fingerprint density at radius 1 is 0.952 bits per heavy atom. The highest BCUT2D eigenvalue weighted by molar-refractivity contribution is 5.99. The van der Waals surface area contributed by atoms with Gasteiger partial charge in [0, 0.05) is 11.4 Å². The number of rotatable bonds is 2. The number of hydrogen-bond acceptors (Lipinski definition) is 2. The number of halogens is 1. The SMILES string of the molecule is Cc1nc(NC(=O)Nc2ccc(F)cc2)c(C)c(C)c1C. The van der Waals surface area contributed by atoms with Crippen molar-refractivity contribution in [2.45, 2.75) is 27.7 Å². The Labute approximate surface area is 123 Å². The van der Waals surface area contributed by atoms with Crippen LogP contribution in [-0.2, 0) is 0 Å². The van der Waals surface area contributed by atoms with E-state index in [1.54, 1.807) is 0 Å². The van der Waals surface area contributed by atoms with E-state index in [9.17, 15) is 9.18 Å². The molecule has 4 nitrogen and oxygen atoms in total. The quantitative estimate of drug-likeness (QED) is 0.873. The summed E-state index contributed by atoms with van der Waals surface area (Å²) >= 11 is 0. The molecule has 1 aromatic heterocycles. The second-order valence-corrected chi connectivity index (χ2v) is 5.01. The van der Waals surface area contributed by atoms with Crippen LogP contribution in [0.3, 0.4) is 0 Å². The molecule has 0 saturated heterocycles. The molecule has 0 saturated carbocycles. The zero-order valence-corrected chi connectivity index (χ0v) is 12.5. The molecule has 0 aliphatic carbocycles. The monoisotopic (exact) mass is 287 g/mol. The van der Waals surface area contributed by atoms with E-state index in [1.807, 2.05) is 27.7 Å². The number of amides is 2. The number of pyridine rings is 1. The van der Waals surface area contributed by atoms with Crippen molar-refractivity contribution in [3.63, 3.8) is 0 Å². The predicted octanol–water partition coefficient (Wildman–Crippen LogP) is 4.10. The summed E-state index contributed by atoms with van der Waals surface area (Å²) in [5, 5.41) is 5.37. The fourth-order valence-corrected chi connectivity index (χ4v) is 1.99. The van der Waals surface area contributed by atoms with Crippen molar-refractivity contribution < 1.29 is 9.18 Å². The van der Waals surface area contributed by atoms with Crippen molar-refractivity contribution >= 4 is 17.5 Å². The molecule has 2 N–H and O–H groups in total. The van der Waals surface area contributed by atoms with Gasteiger partial charge < -0.3 is 5.32 Å². The van der Waals surface area contributed by atoms with E-state index < -0.39 is 6.03 Å². The van der Waals surface area contributed by atoms with Crippen molar-refractivity contribution in [2.75, 3.05) is 10.6 Å². The zero-order chi connectivity index (χ0) is 15.6. The van der Waals surface area contributed by atoms with Crippen LogP contribution in [0.4, 0.5) is 20.7 Å². The van der Waals surface area contributed by atoms with Gasteiger partial charge in [-0.1, -0.05) is 0 Å². The molecule has 0 aliphatic heterocycles. The molecule has 0 unspecified atom stereocenters. The molecule has 1 heterocycles. The van der Waals surface area contributed by atoms with Gasteiger partial charge in [0.15, 0.2) is 0 Å². The third-order valence-electron chi connectivity index (χ3n) is 3.64. The van der Waals surface area contributed by atoms with Crippen LogP contribution < -0.4 is 10.6 Å². The van der Waals surface area contributed by atoms with Gasteiger partial charge in [0.1, 0.15) is 11.6 Å². The molecule has 110 valence electrons. The van der Waals surface area contributed by atoms with Gasteiger partial charge in [0.2, 0.25) is 0 Å². The Hall–Kier alpha value is -2.43. The fourth-order valence-electron chi connectivity index (χ4n) is 1.99. The predicted molar refractivity (Wildman–Crippen MR) is 82.2 cm³/mol. The van der Waals surface area contributed by atoms with Gasteiger partial charge in [-0.3, -0.25) is 5.32 Å². The summed E-state index contributed by atoms with van der Waals surface area (Å²) in [6.07, 6.45) is 0. The van der Waals surface area contributed by atoms with E-state index in [2.05, 4.69) is 15.6 Å². The molecule has 1 aromatic carbocycles. The first kappa shape index (κ1) is 15.0. The number of anilines is 2. The Kier molecular flexibility index (Phi) is 4.21. The summed E-state index contributed by atoms with van der Waals surface area (Å²) in [5.41, 5.74) is 4.58. The van der Waals surface area contributed by atoms with E-state index >= 15 is 0 Å². The number of benzene rings is 1. The lowest BCUT2D eigenvalue weighted by Crippen LogP contribution is -2.21. The first-order chi connectivity index (χ1) is 9.88. The molecule has 0 radical (unpaired) electrons. The molecule has 2 rings (SSSR count). The number of aromatic nitrogens is 1. The van der Waals surface area contributed by atoms with Crippen molar-refractivity contribution in [3.05, 3.63) is 52.5 Å². The molecule has 2 amide bonds. The van der Waals surface area contributed by atoms with Gasteiger partial charge in [-0.25, -0.2) is 14.2 Å². The van der Waals surface area contributed by atoms with Crippen LogP contribution in [0, 0.1) is 33.5 Å². The highest BCUT2D eigenvalue weighted by Gasteiger charge is 2.11. The lowest BCUT2D eigenvalue weighted by molar-refractivity contribution is 0.262. The standard InChI is InChI=1S/C16H18FN3O/c1-9-10(2)12(4)18-15(11(9)3)20-16(21)19-14-7-5-13(17)6-8-14/h5-8H,1-4H3,(H2,18,19,20,21). The van der Waals surface area contributed by atoms with Crippen LogP contribution in [0.25, 0.3) is 0 Å². The maximum atomic E-state index is 12.8. The molecule has 0 atom stereocenters. The van der Waals surface area contributed by atoms with Crippen LogP contribution in [0.1, 0.15) is 22.4 Å². The highest BCUT2D eigenvalue weighted by Crippen LogP contribution is 2.22.